The van der Waals surface area contributed by atoms with Crippen molar-refractivity contribution in [2.45, 2.75) is 13.0 Å². The predicted molar refractivity (Wildman–Crippen MR) is 109 cm³/mol. The van der Waals surface area contributed by atoms with Crippen LogP contribution >= 0.6 is 0 Å². The fourth-order valence-electron chi connectivity index (χ4n) is 3.87. The van der Waals surface area contributed by atoms with Gasteiger partial charge in [-0.1, -0.05) is 0 Å². The Morgan fingerprint density at radius 2 is 1.62 bits per heavy atom. The van der Waals surface area contributed by atoms with E-state index in [1.807, 2.05) is 24.3 Å². The average Bonchev–Trinajstić information content (AvgIpc) is 2.76. The van der Waals surface area contributed by atoms with E-state index >= 15 is 0 Å². The molecular formula is C21H22N4O4. The number of nitrogens with zero attached hydrogens (tertiary/aromatic N) is 3. The maximum atomic E-state index is 6.26. The van der Waals surface area contributed by atoms with Crippen molar-refractivity contribution in [3.05, 3.63) is 35.4 Å². The largest absolute Gasteiger partial charge is 0.493 e. The Balaban J connectivity index is 1.51. The fraction of sp³-hybridized carbons (Fsp3) is 0.333. The molecule has 0 unspecified atom stereocenters. The molecule has 0 radical (unpaired) electrons. The van der Waals surface area contributed by atoms with Gasteiger partial charge in [-0.25, -0.2) is 4.98 Å². The summed E-state index contributed by atoms with van der Waals surface area (Å²) in [5, 5.41) is 0.766. The zero-order valence-electron chi connectivity index (χ0n) is 16.4. The summed E-state index contributed by atoms with van der Waals surface area (Å²) < 4.78 is 22.2. The van der Waals surface area contributed by atoms with E-state index in [0.717, 1.165) is 35.4 Å². The topological polar surface area (TPSA) is 92.0 Å². The Kier molecular flexibility index (Phi) is 4.19. The lowest BCUT2D eigenvalue weighted by Crippen LogP contribution is -2.32. The number of benzene rings is 2. The van der Waals surface area contributed by atoms with Crippen molar-refractivity contribution < 1.29 is 18.9 Å². The third kappa shape index (κ3) is 3.00. The lowest BCUT2D eigenvalue weighted by molar-refractivity contribution is 0.172. The molecule has 0 saturated heterocycles. The van der Waals surface area contributed by atoms with Crippen LogP contribution in [0.3, 0.4) is 0 Å². The second-order valence-electron chi connectivity index (χ2n) is 7.07. The highest BCUT2D eigenvalue weighted by molar-refractivity contribution is 5.91. The lowest BCUT2D eigenvalue weighted by atomic mass is 9.99. The molecule has 1 aromatic heterocycles. The number of nitrogens with two attached hydrogens (primary N) is 1. The quantitative estimate of drug-likeness (QED) is 0.725. The average molecular weight is 394 g/mol. The second-order valence-corrected chi connectivity index (χ2v) is 7.07. The van der Waals surface area contributed by atoms with E-state index < -0.39 is 0 Å². The molecule has 3 aromatic rings. The molecule has 8 nitrogen and oxygen atoms in total. The number of fused-ring (bicyclic) bond motifs is 3. The molecule has 0 bridgehead atoms. The van der Waals surface area contributed by atoms with Gasteiger partial charge in [0.2, 0.25) is 5.95 Å². The van der Waals surface area contributed by atoms with E-state index in [9.17, 15) is 0 Å². The number of methoxy groups -OCH3 is 2. The summed E-state index contributed by atoms with van der Waals surface area (Å²) >= 11 is 0. The maximum Gasteiger partial charge on any atom is 0.228 e. The van der Waals surface area contributed by atoms with Crippen molar-refractivity contribution in [3.8, 4) is 23.0 Å². The molecule has 0 spiro atoms. The first-order valence-corrected chi connectivity index (χ1v) is 9.52. The molecule has 8 heteroatoms. The second kappa shape index (κ2) is 6.88. The van der Waals surface area contributed by atoms with Crippen LogP contribution < -0.4 is 29.6 Å². The first-order chi connectivity index (χ1) is 14.2. The minimum Gasteiger partial charge on any atom is -0.493 e. The Morgan fingerprint density at radius 1 is 0.931 bits per heavy atom. The Bertz CT molecular complexity index is 1100. The fourth-order valence-corrected chi connectivity index (χ4v) is 3.87. The van der Waals surface area contributed by atoms with E-state index in [1.165, 1.54) is 11.1 Å². The van der Waals surface area contributed by atoms with Gasteiger partial charge in [-0.3, -0.25) is 0 Å². The van der Waals surface area contributed by atoms with Crippen molar-refractivity contribution in [2.75, 3.05) is 44.6 Å². The summed E-state index contributed by atoms with van der Waals surface area (Å²) in [6.07, 6.45) is 0.859. The van der Waals surface area contributed by atoms with Gasteiger partial charge in [-0.15, -0.1) is 0 Å². The monoisotopic (exact) mass is 394 g/mol. The van der Waals surface area contributed by atoms with Gasteiger partial charge >= 0.3 is 0 Å². The first-order valence-electron chi connectivity index (χ1n) is 9.52. The molecule has 3 heterocycles. The summed E-state index contributed by atoms with van der Waals surface area (Å²) in [6.45, 7) is 2.52. The lowest BCUT2D eigenvalue weighted by Gasteiger charge is -2.30. The molecule has 0 aliphatic carbocycles. The van der Waals surface area contributed by atoms with Crippen LogP contribution in [-0.4, -0.2) is 43.9 Å². The summed E-state index contributed by atoms with van der Waals surface area (Å²) in [5.41, 5.74) is 9.42. The van der Waals surface area contributed by atoms with Gasteiger partial charge in [-0.2, -0.15) is 4.98 Å². The Labute approximate surface area is 168 Å². The molecule has 150 valence electrons. The van der Waals surface area contributed by atoms with Gasteiger partial charge in [0, 0.05) is 24.5 Å². The zero-order valence-corrected chi connectivity index (χ0v) is 16.4. The molecule has 29 heavy (non-hydrogen) atoms. The van der Waals surface area contributed by atoms with Gasteiger partial charge in [-0.05, 0) is 35.7 Å². The van der Waals surface area contributed by atoms with Crippen molar-refractivity contribution >= 4 is 22.7 Å². The molecule has 0 fully saturated rings. The van der Waals surface area contributed by atoms with E-state index in [2.05, 4.69) is 9.88 Å². The molecular weight excluding hydrogens is 372 g/mol. The van der Waals surface area contributed by atoms with Crippen LogP contribution in [0.5, 0.6) is 23.0 Å². The molecule has 2 aliphatic rings. The van der Waals surface area contributed by atoms with Crippen LogP contribution in [0.25, 0.3) is 10.9 Å². The van der Waals surface area contributed by atoms with Gasteiger partial charge in [0.15, 0.2) is 23.0 Å². The van der Waals surface area contributed by atoms with E-state index in [4.69, 9.17) is 29.7 Å². The van der Waals surface area contributed by atoms with Crippen LogP contribution in [0, 0.1) is 0 Å². The highest BCUT2D eigenvalue weighted by Crippen LogP contribution is 2.37. The highest BCUT2D eigenvalue weighted by atomic mass is 16.6. The third-order valence-corrected chi connectivity index (χ3v) is 5.38. The summed E-state index contributed by atoms with van der Waals surface area (Å²) in [7, 11) is 3.29. The van der Waals surface area contributed by atoms with Crippen molar-refractivity contribution in [1.82, 2.24) is 9.97 Å². The Hall–Kier alpha value is -3.42. The number of anilines is 2. The number of hydrogen-bond donors (Lipinski definition) is 1. The molecule has 2 aromatic carbocycles. The summed E-state index contributed by atoms with van der Waals surface area (Å²) in [5.74, 6) is 3.87. The van der Waals surface area contributed by atoms with Crippen LogP contribution in [0.2, 0.25) is 0 Å². The van der Waals surface area contributed by atoms with Gasteiger partial charge in [0.05, 0.1) is 19.7 Å². The van der Waals surface area contributed by atoms with Crippen molar-refractivity contribution in [1.29, 1.82) is 0 Å². The van der Waals surface area contributed by atoms with Crippen LogP contribution in [0.15, 0.2) is 24.3 Å². The third-order valence-electron chi connectivity index (χ3n) is 5.38. The predicted octanol–water partition coefficient (Wildman–Crippen LogP) is 2.56. The first kappa shape index (κ1) is 17.7. The number of rotatable bonds is 3. The summed E-state index contributed by atoms with van der Waals surface area (Å²) in [6, 6.07) is 7.79. The van der Waals surface area contributed by atoms with Crippen molar-refractivity contribution in [3.63, 3.8) is 0 Å². The Morgan fingerprint density at radius 3 is 2.34 bits per heavy atom. The number of aromatic nitrogens is 2. The maximum absolute atomic E-state index is 6.26. The van der Waals surface area contributed by atoms with Crippen molar-refractivity contribution in [2.24, 2.45) is 0 Å². The normalized spacial score (nSPS) is 15.2. The molecule has 0 amide bonds. The smallest absolute Gasteiger partial charge is 0.228 e. The molecule has 0 atom stereocenters. The number of nitrogen functional groups attached to an aromatic ring is 1. The molecule has 0 saturated carbocycles. The van der Waals surface area contributed by atoms with Crippen LogP contribution in [0.4, 0.5) is 11.8 Å². The van der Waals surface area contributed by atoms with E-state index in [1.54, 1.807) is 14.2 Å². The minimum atomic E-state index is 0.431. The van der Waals surface area contributed by atoms with Gasteiger partial charge in [0.1, 0.15) is 19.0 Å². The summed E-state index contributed by atoms with van der Waals surface area (Å²) in [4.78, 5) is 11.4. The number of ether oxygens (including phenoxy) is 4. The highest BCUT2D eigenvalue weighted by Gasteiger charge is 2.23. The molecule has 5 rings (SSSR count). The molecule has 2 aliphatic heterocycles. The minimum absolute atomic E-state index is 0.431. The van der Waals surface area contributed by atoms with E-state index in [-0.39, 0.29) is 0 Å². The standard InChI is InChI=1S/C21H22N4O4/c1-26-16-7-12-3-4-25(11-13(12)8-17(16)27-2)21-23-15-10-19-18(28-5-6-29-19)9-14(15)20(22)24-21/h7-10H,3-6,11H2,1-2H3,(H2,22,23,24). The van der Waals surface area contributed by atoms with Crippen LogP contribution in [-0.2, 0) is 13.0 Å². The van der Waals surface area contributed by atoms with E-state index in [0.29, 0.717) is 43.0 Å². The zero-order chi connectivity index (χ0) is 20.0. The van der Waals surface area contributed by atoms with Gasteiger partial charge < -0.3 is 29.6 Å². The molecule has 2 N–H and O–H groups in total. The SMILES string of the molecule is COc1cc2c(cc1OC)CN(c1nc(N)c3cc4c(cc3n1)OCCO4)CC2. The van der Waals surface area contributed by atoms with Crippen LogP contribution in [0.1, 0.15) is 11.1 Å². The number of hydrogen-bond acceptors (Lipinski definition) is 8. The van der Waals surface area contributed by atoms with Gasteiger partial charge in [0.25, 0.3) is 0 Å².